The van der Waals surface area contributed by atoms with Gasteiger partial charge in [-0.05, 0) is 71.1 Å². The van der Waals surface area contributed by atoms with E-state index in [4.69, 9.17) is 8.91 Å². The van der Waals surface area contributed by atoms with E-state index in [0.717, 1.165) is 71.1 Å². The fraction of sp³-hybridized carbons (Fsp3) is 0.880. The van der Waals surface area contributed by atoms with Crippen molar-refractivity contribution >= 4 is 17.7 Å². The molecule has 1 fully saturated rings. The van der Waals surface area contributed by atoms with Crippen molar-refractivity contribution in [3.8, 4) is 0 Å². The summed E-state index contributed by atoms with van der Waals surface area (Å²) in [5.41, 5.74) is 0. The molecule has 3 atom stereocenters. The van der Waals surface area contributed by atoms with Crippen molar-refractivity contribution in [2.45, 2.75) is 116 Å². The van der Waals surface area contributed by atoms with E-state index in [1.54, 1.807) is 0 Å². The second-order valence-corrected chi connectivity index (χ2v) is 9.09. The zero-order valence-electron chi connectivity index (χ0n) is 27.3. The van der Waals surface area contributed by atoms with Crippen LogP contribution in [-0.2, 0) is 14.4 Å². The lowest BCUT2D eigenvalue weighted by Gasteiger charge is -2.20. The Balaban J connectivity index is -0.000000504. The number of carbonyl (C=O) groups is 3. The first-order chi connectivity index (χ1) is 19.0. The Morgan fingerprint density at radius 1 is 0.606 bits per heavy atom. The zero-order chi connectivity index (χ0) is 30.3. The van der Waals surface area contributed by atoms with E-state index in [0.29, 0.717) is 19.3 Å². The maximum absolute atomic E-state index is 13.0. The first-order valence-electron chi connectivity index (χ1n) is 16.4. The van der Waals surface area contributed by atoms with Gasteiger partial charge in [-0.2, -0.15) is 0 Å². The van der Waals surface area contributed by atoms with E-state index in [1.165, 1.54) is 12.8 Å². The van der Waals surface area contributed by atoms with Gasteiger partial charge in [0.2, 0.25) is 17.7 Å². The molecule has 0 aromatic heterocycles. The van der Waals surface area contributed by atoms with E-state index in [1.807, 2.05) is 0 Å². The topological polar surface area (TPSA) is 111 Å². The normalized spacial score (nSPS) is 22.3. The minimum absolute atomic E-state index is 0. The lowest BCUT2D eigenvalue weighted by molar-refractivity contribution is -0.130. The Labute approximate surface area is 213 Å². The highest BCUT2D eigenvalue weighted by molar-refractivity contribution is 5.97. The van der Waals surface area contributed by atoms with E-state index in [2.05, 4.69) is 47.4 Å². The number of rotatable bonds is 18. The lowest BCUT2D eigenvalue weighted by Crippen LogP contribution is -2.50. The van der Waals surface area contributed by atoms with E-state index >= 15 is 0 Å². The third-order valence-corrected chi connectivity index (χ3v) is 6.19. The molecule has 8 heteroatoms. The Bertz CT molecular complexity index is 511. The van der Waals surface area contributed by atoms with Crippen molar-refractivity contribution in [2.75, 3.05) is 26.2 Å². The van der Waals surface area contributed by atoms with Crippen LogP contribution in [0.1, 0.15) is 110 Å². The summed E-state index contributed by atoms with van der Waals surface area (Å²) < 4.78 is 30.0. The maximum Gasteiger partial charge on any atom is 0.243 e. The summed E-state index contributed by atoms with van der Waals surface area (Å²) in [6.45, 7) is 9.94. The van der Waals surface area contributed by atoms with Gasteiger partial charge in [0.25, 0.3) is 0 Å². The quantitative estimate of drug-likeness (QED) is 0.190. The van der Waals surface area contributed by atoms with E-state index in [9.17, 15) is 14.4 Å². The highest BCUT2D eigenvalue weighted by Crippen LogP contribution is 2.12. The van der Waals surface area contributed by atoms with Crippen molar-refractivity contribution in [3.63, 3.8) is 0 Å². The molecule has 1 aliphatic heterocycles. The van der Waals surface area contributed by atoms with Gasteiger partial charge in [-0.3, -0.25) is 14.4 Å². The number of hydrogen-bond acceptors (Lipinski definition) is 5. The van der Waals surface area contributed by atoms with Crippen LogP contribution in [0.25, 0.3) is 0 Å². The Kier molecular flexibility index (Phi) is 13.9. The third kappa shape index (κ3) is 13.0. The van der Waals surface area contributed by atoms with Crippen LogP contribution in [0.3, 0.4) is 0 Å². The number of nitrogens with one attached hydrogen (secondary N) is 5. The average Bonchev–Trinajstić information content (AvgIpc) is 3.01. The third-order valence-electron chi connectivity index (χ3n) is 6.19. The molecule has 0 radical (unpaired) electrons. The molecule has 3 amide bonds. The van der Waals surface area contributed by atoms with Gasteiger partial charge in [0.15, 0.2) is 0 Å². The molecule has 1 heterocycles. The number of amides is 3. The van der Waals surface area contributed by atoms with Gasteiger partial charge in [0.05, 0.1) is 0 Å². The summed E-state index contributed by atoms with van der Waals surface area (Å²) in [5.74, 6) is -0.728. The van der Waals surface area contributed by atoms with Crippen LogP contribution in [0, 0.1) is 0 Å². The van der Waals surface area contributed by atoms with Crippen LogP contribution in [0.5, 0.6) is 0 Å². The Hall–Kier alpha value is -1.67. The summed E-state index contributed by atoms with van der Waals surface area (Å²) in [5, 5.41) is 15.4. The molecule has 0 aromatic rings. The molecule has 0 bridgehead atoms. The highest BCUT2D eigenvalue weighted by Gasteiger charge is 2.33. The van der Waals surface area contributed by atoms with Gasteiger partial charge < -0.3 is 26.6 Å². The second-order valence-electron chi connectivity index (χ2n) is 9.09. The molecule has 0 aromatic carbocycles. The molecular formula is C25H59N5O3. The summed E-state index contributed by atoms with van der Waals surface area (Å²) in [4.78, 5) is 39.0. The largest absolute Gasteiger partial charge is 0.343 e. The predicted molar refractivity (Wildman–Crippen MR) is 145 cm³/mol. The minimum atomic E-state index is -0.598. The molecule has 33 heavy (non-hydrogen) atoms. The zero-order valence-corrected chi connectivity index (χ0v) is 21.3. The molecule has 0 spiro atoms. The van der Waals surface area contributed by atoms with Gasteiger partial charge in [0, 0.05) is 11.8 Å². The number of hydrogen-bond donors (Lipinski definition) is 5. The summed E-state index contributed by atoms with van der Waals surface area (Å²) >= 11 is 0. The fourth-order valence-electron chi connectivity index (χ4n) is 4.13. The summed E-state index contributed by atoms with van der Waals surface area (Å²) in [7, 11) is 0. The highest BCUT2D eigenvalue weighted by atomic mass is 16.2. The van der Waals surface area contributed by atoms with Crippen LogP contribution in [0.2, 0.25) is 0 Å². The smallest absolute Gasteiger partial charge is 0.243 e. The van der Waals surface area contributed by atoms with Crippen LogP contribution < -0.4 is 26.6 Å². The average molecular weight is 486 g/mol. The van der Waals surface area contributed by atoms with Crippen LogP contribution in [-0.4, -0.2) is 62.0 Å². The van der Waals surface area contributed by atoms with Gasteiger partial charge in [-0.15, -0.1) is 0 Å². The van der Waals surface area contributed by atoms with Gasteiger partial charge >= 0.3 is 0 Å². The van der Waals surface area contributed by atoms with Crippen molar-refractivity contribution in [1.29, 1.82) is 0 Å². The number of carbonyl (C=O) groups excluding carboxylic acids is 3. The first-order valence-corrected chi connectivity index (χ1v) is 13.4. The fourth-order valence-corrected chi connectivity index (χ4v) is 4.13. The molecule has 0 saturated carbocycles. The monoisotopic (exact) mass is 486 g/mol. The Morgan fingerprint density at radius 3 is 1.33 bits per heavy atom. The molecule has 3 unspecified atom stereocenters. The van der Waals surface area contributed by atoms with Gasteiger partial charge in [0.1, 0.15) is 18.1 Å². The van der Waals surface area contributed by atoms with Gasteiger partial charge in [-0.1, -0.05) is 52.9 Å². The molecule has 1 aliphatic rings. The SMILES string of the molecule is CCCCCCCC1NC(=O)C(CCCCNCC)NC(=O)C(CCCCNCC)NC1=O.[2HH].[2HH].[2H][2H].[2H][2H].[2H][2H]. The van der Waals surface area contributed by atoms with Crippen LogP contribution in [0.4, 0.5) is 0 Å². The van der Waals surface area contributed by atoms with E-state index < -0.39 is 18.1 Å². The number of unbranched alkanes of at least 4 members (excludes halogenated alkanes) is 6. The molecule has 202 valence electrons. The van der Waals surface area contributed by atoms with Crippen molar-refractivity contribution in [1.82, 2.24) is 26.6 Å². The van der Waals surface area contributed by atoms with Crippen molar-refractivity contribution in [2.24, 2.45) is 0 Å². The second kappa shape index (κ2) is 18.7. The molecular weight excluding hydrogens is 418 g/mol. The summed E-state index contributed by atoms with van der Waals surface area (Å²) in [6, 6.07) is -1.78. The molecule has 0 aliphatic carbocycles. The van der Waals surface area contributed by atoms with Crippen molar-refractivity contribution < 1.29 is 26.1 Å². The van der Waals surface area contributed by atoms with Crippen molar-refractivity contribution in [3.05, 3.63) is 0 Å². The standard InChI is InChI=1S/C25H49N5O3.5H2/c1-4-7-8-9-10-15-20-23(31)29-22(17-12-14-19-27-6-3)25(33)30-21(24(32)28-20)16-11-13-18-26-5-2;;;;;/h20-22,26-27H,4-19H2,1-3H3,(H,28,32)(H,29,31)(H,30,33);5*1H/i;3*1+1D;2*1+1. The maximum atomic E-state index is 13.0. The molecule has 8 nitrogen and oxygen atoms in total. The first kappa shape index (κ1) is 24.5. The predicted octanol–water partition coefficient (Wildman–Crippen LogP) is 3.60. The Morgan fingerprint density at radius 2 is 0.970 bits per heavy atom. The molecule has 1 saturated heterocycles. The van der Waals surface area contributed by atoms with E-state index in [-0.39, 0.29) is 20.6 Å². The minimum Gasteiger partial charge on any atom is -0.343 e. The lowest BCUT2D eigenvalue weighted by atomic mass is 10.0. The summed E-state index contributed by atoms with van der Waals surface area (Å²) in [6.07, 6.45) is 10.7. The van der Waals surface area contributed by atoms with Crippen LogP contribution >= 0.6 is 0 Å². The molecule has 5 N–H and O–H groups in total. The van der Waals surface area contributed by atoms with Crippen LogP contribution in [0.15, 0.2) is 0 Å². The van der Waals surface area contributed by atoms with Gasteiger partial charge in [-0.25, -0.2) is 0 Å². The molecule has 1 rings (SSSR count).